The molecule has 1 amide bonds. The Morgan fingerprint density at radius 2 is 1.58 bits per heavy atom. The molecule has 3 rings (SSSR count). The quantitative estimate of drug-likeness (QED) is 0.731. The largest absolute Gasteiger partial charge is 0.348 e. The molecule has 132 valence electrons. The van der Waals surface area contributed by atoms with Crippen LogP contribution >= 0.6 is 0 Å². The zero-order chi connectivity index (χ0) is 18.5. The Hall–Kier alpha value is -3.21. The highest BCUT2D eigenvalue weighted by Crippen LogP contribution is 2.19. The van der Waals surface area contributed by atoms with Gasteiger partial charge in [-0.2, -0.15) is 0 Å². The first-order chi connectivity index (χ1) is 12.5. The third-order valence-corrected chi connectivity index (χ3v) is 4.13. The summed E-state index contributed by atoms with van der Waals surface area (Å²) in [5.41, 5.74) is 5.91. The van der Waals surface area contributed by atoms with Crippen molar-refractivity contribution in [1.29, 1.82) is 0 Å². The van der Waals surface area contributed by atoms with Crippen molar-refractivity contribution in [2.24, 2.45) is 0 Å². The second kappa shape index (κ2) is 7.78. The van der Waals surface area contributed by atoms with Crippen LogP contribution in [0.1, 0.15) is 32.6 Å². The lowest BCUT2D eigenvalue weighted by molar-refractivity contribution is 0.0950. The first-order valence-electron chi connectivity index (χ1n) is 8.51. The molecule has 0 bridgehead atoms. The normalized spacial score (nSPS) is 10.4. The third-order valence-electron chi connectivity index (χ3n) is 4.13. The zero-order valence-corrected chi connectivity index (χ0v) is 15.2. The zero-order valence-electron chi connectivity index (χ0n) is 15.2. The van der Waals surface area contributed by atoms with E-state index in [0.717, 1.165) is 22.4 Å². The first-order valence-corrected chi connectivity index (χ1v) is 8.51. The second-order valence-electron chi connectivity index (χ2n) is 6.41. The summed E-state index contributed by atoms with van der Waals surface area (Å²) in [6.45, 7) is 6.57. The first kappa shape index (κ1) is 17.6. The standard InChI is InChI=1S/C21H22N4O/c1-14-5-8-17(9-6-14)11-22-20(26)18-12-23-21(24-13-18)25-19-10-15(2)4-7-16(19)3/h4-10,12-13H,11H2,1-3H3,(H,22,26)(H,23,24,25). The molecule has 1 heterocycles. The van der Waals surface area contributed by atoms with Crippen molar-refractivity contribution in [2.75, 3.05) is 5.32 Å². The Kier molecular flexibility index (Phi) is 5.27. The van der Waals surface area contributed by atoms with Crippen molar-refractivity contribution in [3.8, 4) is 0 Å². The molecule has 0 aliphatic heterocycles. The number of nitrogens with zero attached hydrogens (tertiary/aromatic N) is 2. The van der Waals surface area contributed by atoms with Gasteiger partial charge in [0.15, 0.2) is 0 Å². The van der Waals surface area contributed by atoms with Gasteiger partial charge in [-0.15, -0.1) is 0 Å². The minimum Gasteiger partial charge on any atom is -0.348 e. The minimum absolute atomic E-state index is 0.191. The summed E-state index contributed by atoms with van der Waals surface area (Å²) in [6, 6.07) is 14.2. The predicted molar refractivity (Wildman–Crippen MR) is 104 cm³/mol. The topological polar surface area (TPSA) is 66.9 Å². The number of hydrogen-bond acceptors (Lipinski definition) is 4. The van der Waals surface area contributed by atoms with E-state index in [9.17, 15) is 4.79 Å². The van der Waals surface area contributed by atoms with Crippen LogP contribution in [0.5, 0.6) is 0 Å². The van der Waals surface area contributed by atoms with Gasteiger partial charge < -0.3 is 10.6 Å². The molecule has 0 atom stereocenters. The van der Waals surface area contributed by atoms with E-state index in [1.807, 2.05) is 57.2 Å². The molecule has 2 aromatic carbocycles. The molecule has 26 heavy (non-hydrogen) atoms. The van der Waals surface area contributed by atoms with E-state index in [4.69, 9.17) is 0 Å². The molecular formula is C21H22N4O. The summed E-state index contributed by atoms with van der Waals surface area (Å²) in [6.07, 6.45) is 3.07. The Bertz CT molecular complexity index is 902. The number of carbonyl (C=O) groups is 1. The average Bonchev–Trinajstić information content (AvgIpc) is 2.64. The predicted octanol–water partition coefficient (Wildman–Crippen LogP) is 4.08. The Morgan fingerprint density at radius 1 is 0.923 bits per heavy atom. The molecule has 0 radical (unpaired) electrons. The molecule has 2 N–H and O–H groups in total. The number of anilines is 2. The smallest absolute Gasteiger partial charge is 0.254 e. The summed E-state index contributed by atoms with van der Waals surface area (Å²) in [5, 5.41) is 6.07. The Labute approximate surface area is 153 Å². The van der Waals surface area contributed by atoms with Crippen LogP contribution in [0.4, 0.5) is 11.6 Å². The monoisotopic (exact) mass is 346 g/mol. The number of amides is 1. The van der Waals surface area contributed by atoms with Crippen LogP contribution in [-0.4, -0.2) is 15.9 Å². The summed E-state index contributed by atoms with van der Waals surface area (Å²) < 4.78 is 0. The fourth-order valence-electron chi connectivity index (χ4n) is 2.49. The van der Waals surface area contributed by atoms with Crippen LogP contribution in [0.15, 0.2) is 54.9 Å². The summed E-state index contributed by atoms with van der Waals surface area (Å²) in [4.78, 5) is 20.7. The van der Waals surface area contributed by atoms with Gasteiger partial charge in [-0.25, -0.2) is 9.97 Å². The summed E-state index contributed by atoms with van der Waals surface area (Å²) >= 11 is 0. The highest BCUT2D eigenvalue weighted by Gasteiger charge is 2.08. The number of rotatable bonds is 5. The highest BCUT2D eigenvalue weighted by molar-refractivity contribution is 5.93. The average molecular weight is 346 g/mol. The number of benzene rings is 2. The van der Waals surface area contributed by atoms with E-state index < -0.39 is 0 Å². The molecule has 0 saturated heterocycles. The van der Waals surface area contributed by atoms with Crippen molar-refractivity contribution in [3.05, 3.63) is 82.7 Å². The second-order valence-corrected chi connectivity index (χ2v) is 6.41. The molecular weight excluding hydrogens is 324 g/mol. The van der Waals surface area contributed by atoms with Crippen LogP contribution in [0.2, 0.25) is 0 Å². The van der Waals surface area contributed by atoms with E-state index in [-0.39, 0.29) is 5.91 Å². The SMILES string of the molecule is Cc1ccc(CNC(=O)c2cnc(Nc3cc(C)ccc3C)nc2)cc1. The van der Waals surface area contributed by atoms with Crippen LogP contribution < -0.4 is 10.6 Å². The molecule has 5 heteroatoms. The number of aromatic nitrogens is 2. The molecule has 0 aliphatic rings. The van der Waals surface area contributed by atoms with Gasteiger partial charge in [0.2, 0.25) is 5.95 Å². The van der Waals surface area contributed by atoms with Crippen molar-refractivity contribution in [1.82, 2.24) is 15.3 Å². The fourth-order valence-corrected chi connectivity index (χ4v) is 2.49. The molecule has 0 spiro atoms. The van der Waals surface area contributed by atoms with Gasteiger partial charge in [-0.05, 0) is 43.5 Å². The lowest BCUT2D eigenvalue weighted by Crippen LogP contribution is -2.23. The van der Waals surface area contributed by atoms with Gasteiger partial charge in [0.25, 0.3) is 5.91 Å². The Morgan fingerprint density at radius 3 is 2.27 bits per heavy atom. The van der Waals surface area contributed by atoms with Gasteiger partial charge in [-0.3, -0.25) is 4.79 Å². The van der Waals surface area contributed by atoms with Crippen molar-refractivity contribution >= 4 is 17.5 Å². The van der Waals surface area contributed by atoms with E-state index in [0.29, 0.717) is 18.1 Å². The maximum Gasteiger partial charge on any atom is 0.254 e. The molecule has 3 aromatic rings. The Balaban J connectivity index is 1.62. The molecule has 5 nitrogen and oxygen atoms in total. The van der Waals surface area contributed by atoms with Crippen LogP contribution in [-0.2, 0) is 6.54 Å². The van der Waals surface area contributed by atoms with E-state index >= 15 is 0 Å². The number of aryl methyl sites for hydroxylation is 3. The van der Waals surface area contributed by atoms with Crippen molar-refractivity contribution < 1.29 is 4.79 Å². The van der Waals surface area contributed by atoms with Gasteiger partial charge in [0.1, 0.15) is 0 Å². The van der Waals surface area contributed by atoms with Gasteiger partial charge in [0, 0.05) is 24.6 Å². The summed E-state index contributed by atoms with van der Waals surface area (Å²) in [5.74, 6) is 0.276. The minimum atomic E-state index is -0.191. The maximum atomic E-state index is 12.2. The molecule has 0 aliphatic carbocycles. The lowest BCUT2D eigenvalue weighted by Gasteiger charge is -2.09. The highest BCUT2D eigenvalue weighted by atomic mass is 16.1. The molecule has 0 unspecified atom stereocenters. The molecule has 1 aromatic heterocycles. The van der Waals surface area contributed by atoms with E-state index in [1.165, 1.54) is 18.0 Å². The fraction of sp³-hybridized carbons (Fsp3) is 0.190. The van der Waals surface area contributed by atoms with E-state index in [1.54, 1.807) is 0 Å². The molecule has 0 fully saturated rings. The van der Waals surface area contributed by atoms with Crippen LogP contribution in [0, 0.1) is 20.8 Å². The van der Waals surface area contributed by atoms with E-state index in [2.05, 4.69) is 26.7 Å². The summed E-state index contributed by atoms with van der Waals surface area (Å²) in [7, 11) is 0. The van der Waals surface area contributed by atoms with Crippen LogP contribution in [0.3, 0.4) is 0 Å². The number of carbonyl (C=O) groups excluding carboxylic acids is 1. The number of nitrogens with one attached hydrogen (secondary N) is 2. The van der Waals surface area contributed by atoms with Crippen molar-refractivity contribution in [3.63, 3.8) is 0 Å². The molecule has 0 saturated carbocycles. The maximum absolute atomic E-state index is 12.2. The lowest BCUT2D eigenvalue weighted by atomic mass is 10.1. The van der Waals surface area contributed by atoms with Gasteiger partial charge in [0.05, 0.1) is 5.56 Å². The van der Waals surface area contributed by atoms with Gasteiger partial charge >= 0.3 is 0 Å². The third kappa shape index (κ3) is 4.45. The van der Waals surface area contributed by atoms with Crippen LogP contribution in [0.25, 0.3) is 0 Å². The van der Waals surface area contributed by atoms with Gasteiger partial charge in [-0.1, -0.05) is 42.0 Å². The van der Waals surface area contributed by atoms with Crippen molar-refractivity contribution in [2.45, 2.75) is 27.3 Å². The number of hydrogen-bond donors (Lipinski definition) is 2.